The Morgan fingerprint density at radius 3 is 2.40 bits per heavy atom. The Kier molecular flexibility index (Phi) is 6.01. The third-order valence-electron chi connectivity index (χ3n) is 6.16. The van der Waals surface area contributed by atoms with E-state index in [1.807, 2.05) is 0 Å². The highest BCUT2D eigenvalue weighted by Crippen LogP contribution is 2.45. The van der Waals surface area contributed by atoms with Gasteiger partial charge in [-0.25, -0.2) is 12.7 Å². The summed E-state index contributed by atoms with van der Waals surface area (Å²) in [6, 6.07) is 0. The van der Waals surface area contributed by atoms with Crippen molar-refractivity contribution in [2.24, 2.45) is 11.3 Å². The number of thiophene rings is 1. The Balaban J connectivity index is 1.64. The van der Waals surface area contributed by atoms with Crippen LogP contribution < -0.4 is 4.90 Å². The molecule has 8 heteroatoms. The first-order chi connectivity index (χ1) is 14.1. The van der Waals surface area contributed by atoms with Gasteiger partial charge < -0.3 is 9.64 Å². The Hall–Kier alpha value is -1.40. The Labute approximate surface area is 183 Å². The van der Waals surface area contributed by atoms with Crippen LogP contribution in [0.2, 0.25) is 0 Å². The van der Waals surface area contributed by atoms with Crippen LogP contribution >= 0.6 is 11.3 Å². The monoisotopic (exact) mass is 450 g/mol. The van der Waals surface area contributed by atoms with Crippen LogP contribution in [0.1, 0.15) is 53.9 Å². The maximum atomic E-state index is 12.8. The lowest BCUT2D eigenvalue weighted by molar-refractivity contribution is 0.0917. The van der Waals surface area contributed by atoms with Gasteiger partial charge in [-0.2, -0.15) is 0 Å². The number of anilines is 1. The number of sulfonamides is 1. The highest BCUT2D eigenvalue weighted by molar-refractivity contribution is 7.88. The van der Waals surface area contributed by atoms with Crippen molar-refractivity contribution in [3.63, 3.8) is 0 Å². The van der Waals surface area contributed by atoms with Gasteiger partial charge in [0.1, 0.15) is 5.00 Å². The highest BCUT2D eigenvalue weighted by atomic mass is 32.2. The van der Waals surface area contributed by atoms with Gasteiger partial charge >= 0.3 is 0 Å². The zero-order chi connectivity index (χ0) is 21.5. The molecule has 3 aliphatic rings. The normalized spacial score (nSPS) is 23.0. The third-order valence-corrected chi connectivity index (χ3v) is 8.80. The summed E-state index contributed by atoms with van der Waals surface area (Å²) in [6.07, 6.45) is 4.22. The molecule has 164 valence electrons. The number of nitrogens with zero attached hydrogens (tertiary/aromatic N) is 2. The summed E-state index contributed by atoms with van der Waals surface area (Å²) < 4.78 is 30.6. The van der Waals surface area contributed by atoms with E-state index in [4.69, 9.17) is 4.74 Å². The second-order valence-corrected chi connectivity index (χ2v) is 12.3. The van der Waals surface area contributed by atoms with Crippen LogP contribution in [0.15, 0.2) is 0 Å². The molecule has 1 aromatic rings. The topological polar surface area (TPSA) is 66.9 Å². The smallest absolute Gasteiger partial charge is 0.211 e. The van der Waals surface area contributed by atoms with E-state index in [2.05, 4.69) is 30.6 Å². The van der Waals surface area contributed by atoms with E-state index in [1.54, 1.807) is 11.3 Å². The lowest BCUT2D eigenvalue weighted by Gasteiger charge is -2.29. The number of ether oxygens (including phenoxy) is 1. The van der Waals surface area contributed by atoms with Gasteiger partial charge in [-0.15, -0.1) is 11.3 Å². The molecule has 1 aromatic heterocycles. The Morgan fingerprint density at radius 2 is 1.77 bits per heavy atom. The summed E-state index contributed by atoms with van der Waals surface area (Å²) in [4.78, 5) is 16.0. The SMILES string of the molecule is CC1(C)CC(=O)c2sc(N3CCOCC3)c(C#CC3CCN(S(C)(=O)=O)CC3)c2C1. The zero-order valence-electron chi connectivity index (χ0n) is 18.0. The van der Waals surface area contributed by atoms with Crippen LogP contribution in [0, 0.1) is 23.2 Å². The number of hydrogen-bond donors (Lipinski definition) is 0. The van der Waals surface area contributed by atoms with E-state index >= 15 is 0 Å². The number of carbonyl (C=O) groups excluding carboxylic acids is 1. The fraction of sp³-hybridized carbons (Fsp3) is 0.682. The van der Waals surface area contributed by atoms with Crippen LogP contribution in [0.5, 0.6) is 0 Å². The van der Waals surface area contributed by atoms with Gasteiger partial charge in [-0.3, -0.25) is 4.79 Å². The molecule has 2 fully saturated rings. The van der Waals surface area contributed by atoms with Crippen molar-refractivity contribution in [1.29, 1.82) is 0 Å². The van der Waals surface area contributed by atoms with Gasteiger partial charge in [0.15, 0.2) is 5.78 Å². The molecule has 0 N–H and O–H groups in total. The zero-order valence-corrected chi connectivity index (χ0v) is 19.6. The first-order valence-corrected chi connectivity index (χ1v) is 13.3. The fourth-order valence-corrected chi connectivity index (χ4v) is 6.66. The minimum Gasteiger partial charge on any atom is -0.378 e. The average molecular weight is 451 g/mol. The van der Waals surface area contributed by atoms with Crippen molar-refractivity contribution in [2.45, 2.75) is 39.5 Å². The molecule has 0 saturated carbocycles. The van der Waals surface area contributed by atoms with Crippen LogP contribution in [-0.2, 0) is 21.2 Å². The molecule has 0 atom stereocenters. The van der Waals surface area contributed by atoms with Crippen molar-refractivity contribution in [3.8, 4) is 11.8 Å². The predicted octanol–water partition coefficient (Wildman–Crippen LogP) is 2.76. The molecule has 0 unspecified atom stereocenters. The van der Waals surface area contributed by atoms with Crippen LogP contribution in [0.25, 0.3) is 0 Å². The maximum absolute atomic E-state index is 12.8. The van der Waals surface area contributed by atoms with Crippen molar-refractivity contribution in [2.75, 3.05) is 50.5 Å². The fourth-order valence-electron chi connectivity index (χ4n) is 4.53. The number of piperidine rings is 1. The number of morpholine rings is 1. The quantitative estimate of drug-likeness (QED) is 0.648. The van der Waals surface area contributed by atoms with E-state index < -0.39 is 10.0 Å². The van der Waals surface area contributed by atoms with Gasteiger partial charge in [-0.05, 0) is 30.2 Å². The molecule has 0 radical (unpaired) electrons. The summed E-state index contributed by atoms with van der Waals surface area (Å²) in [5.74, 6) is 7.31. The molecular weight excluding hydrogens is 420 g/mol. The lowest BCUT2D eigenvalue weighted by Crippen LogP contribution is -2.37. The summed E-state index contributed by atoms with van der Waals surface area (Å²) in [6.45, 7) is 8.38. The van der Waals surface area contributed by atoms with E-state index in [1.165, 1.54) is 10.6 Å². The summed E-state index contributed by atoms with van der Waals surface area (Å²) in [5.41, 5.74) is 2.08. The molecular formula is C22H30N2O4S2. The first-order valence-electron chi connectivity index (χ1n) is 10.6. The minimum absolute atomic E-state index is 0.0509. The number of fused-ring (bicyclic) bond motifs is 1. The van der Waals surface area contributed by atoms with Gasteiger partial charge in [-0.1, -0.05) is 25.7 Å². The van der Waals surface area contributed by atoms with E-state index in [0.717, 1.165) is 53.4 Å². The number of carbonyl (C=O) groups is 1. The van der Waals surface area contributed by atoms with E-state index in [-0.39, 0.29) is 17.1 Å². The molecule has 6 nitrogen and oxygen atoms in total. The van der Waals surface area contributed by atoms with Crippen LogP contribution in [-0.4, -0.2) is 64.2 Å². The average Bonchev–Trinajstić information content (AvgIpc) is 3.04. The van der Waals surface area contributed by atoms with Crippen molar-refractivity contribution >= 4 is 32.1 Å². The van der Waals surface area contributed by atoms with Gasteiger partial charge in [0.2, 0.25) is 10.0 Å². The molecule has 2 saturated heterocycles. The number of Topliss-reactive ketones (excluding diaryl/α,β-unsaturated/α-hetero) is 1. The lowest BCUT2D eigenvalue weighted by atomic mass is 9.75. The number of ketones is 1. The standard InChI is InChI=1S/C22H30N2O4S2/c1-22(2)14-18-17(5-4-16-6-8-24(9-7-16)30(3,26)27)21(23-10-12-28-13-11-23)29-20(18)19(25)15-22/h16H,6-15H2,1-3H3. The largest absolute Gasteiger partial charge is 0.378 e. The molecule has 1 aliphatic carbocycles. The Bertz CT molecular complexity index is 986. The van der Waals surface area contributed by atoms with Crippen molar-refractivity contribution in [1.82, 2.24) is 4.31 Å². The number of hydrogen-bond acceptors (Lipinski definition) is 6. The molecule has 0 amide bonds. The van der Waals surface area contributed by atoms with Gasteiger partial charge in [0.25, 0.3) is 0 Å². The molecule has 0 spiro atoms. The minimum atomic E-state index is -3.13. The first kappa shape index (κ1) is 21.8. The van der Waals surface area contributed by atoms with E-state index in [9.17, 15) is 13.2 Å². The molecule has 0 bridgehead atoms. The second-order valence-electron chi connectivity index (χ2n) is 9.34. The summed E-state index contributed by atoms with van der Waals surface area (Å²) >= 11 is 1.60. The van der Waals surface area contributed by atoms with E-state index in [0.29, 0.717) is 32.7 Å². The molecule has 4 rings (SSSR count). The van der Waals surface area contributed by atoms with Gasteiger partial charge in [0.05, 0.1) is 29.9 Å². The molecule has 30 heavy (non-hydrogen) atoms. The Morgan fingerprint density at radius 1 is 1.10 bits per heavy atom. The molecule has 3 heterocycles. The molecule has 2 aliphatic heterocycles. The third kappa shape index (κ3) is 4.59. The van der Waals surface area contributed by atoms with Gasteiger partial charge in [0, 0.05) is 38.5 Å². The van der Waals surface area contributed by atoms with Crippen LogP contribution in [0.3, 0.4) is 0 Å². The summed E-state index contributed by atoms with van der Waals surface area (Å²) in [5, 5.41) is 1.11. The predicted molar refractivity (Wildman–Crippen MR) is 120 cm³/mol. The van der Waals surface area contributed by atoms with Crippen molar-refractivity contribution < 1.29 is 17.9 Å². The summed E-state index contributed by atoms with van der Waals surface area (Å²) in [7, 11) is -3.13. The maximum Gasteiger partial charge on any atom is 0.211 e. The van der Waals surface area contributed by atoms with Crippen LogP contribution in [0.4, 0.5) is 5.00 Å². The number of rotatable bonds is 2. The van der Waals surface area contributed by atoms with Crippen molar-refractivity contribution in [3.05, 3.63) is 16.0 Å². The highest BCUT2D eigenvalue weighted by Gasteiger charge is 2.36. The molecule has 0 aromatic carbocycles. The second kappa shape index (κ2) is 8.27.